The summed E-state index contributed by atoms with van der Waals surface area (Å²) in [4.78, 5) is 22.8. The summed E-state index contributed by atoms with van der Waals surface area (Å²) in [5, 5.41) is 20.6. The van der Waals surface area contributed by atoms with Gasteiger partial charge >= 0.3 is 5.97 Å². The summed E-state index contributed by atoms with van der Waals surface area (Å²) in [7, 11) is 5.78. The summed E-state index contributed by atoms with van der Waals surface area (Å²) in [6, 6.07) is 0. The van der Waals surface area contributed by atoms with Gasteiger partial charge in [-0.3, -0.25) is 4.79 Å². The second-order valence-corrected chi connectivity index (χ2v) is 8.28. The lowest BCUT2D eigenvalue weighted by molar-refractivity contribution is -0.873. The van der Waals surface area contributed by atoms with E-state index in [9.17, 15) is 19.8 Å². The zero-order chi connectivity index (χ0) is 20.7. The summed E-state index contributed by atoms with van der Waals surface area (Å²) in [6.07, 6.45) is 10.7. The third-order valence-corrected chi connectivity index (χ3v) is 4.26. The predicted octanol–water partition coefficient (Wildman–Crippen LogP) is 2.19. The topological polar surface area (TPSA) is 86.7 Å². The van der Waals surface area contributed by atoms with E-state index in [2.05, 4.69) is 0 Å². The Balaban J connectivity index is 3.81. The van der Waals surface area contributed by atoms with Crippen LogP contribution < -0.4 is 5.11 Å². The van der Waals surface area contributed by atoms with Crippen LogP contribution in [-0.4, -0.2) is 61.4 Å². The van der Waals surface area contributed by atoms with Gasteiger partial charge in [0.05, 0.1) is 27.2 Å². The molecule has 1 N–H and O–H groups in total. The van der Waals surface area contributed by atoms with Gasteiger partial charge in [-0.2, -0.15) is 0 Å². The van der Waals surface area contributed by atoms with E-state index in [0.717, 1.165) is 51.4 Å². The Kier molecular flexibility index (Phi) is 13.9. The molecule has 2 unspecified atom stereocenters. The second-order valence-electron chi connectivity index (χ2n) is 8.28. The molecule has 0 aromatic rings. The minimum Gasteiger partial charge on any atom is -0.550 e. The molecule has 0 radical (unpaired) electrons. The average Bonchev–Trinajstić information content (AvgIpc) is 2.53. The van der Waals surface area contributed by atoms with E-state index in [1.54, 1.807) is 0 Å². The molecule has 0 spiro atoms. The number of aliphatic hydroxyl groups excluding tert-OH is 1. The number of rotatable bonds is 16. The maximum Gasteiger partial charge on any atom is 0.306 e. The van der Waals surface area contributed by atoms with Crippen LogP contribution in [0.2, 0.25) is 0 Å². The highest BCUT2D eigenvalue weighted by Crippen LogP contribution is 2.13. The fourth-order valence-corrected chi connectivity index (χ4v) is 2.95. The number of esters is 1. The molecule has 6 nitrogen and oxygen atoms in total. The van der Waals surface area contributed by atoms with Crippen LogP contribution in [0, 0.1) is 0 Å². The third kappa shape index (κ3) is 17.8. The molecule has 6 heteroatoms. The second kappa shape index (κ2) is 14.6. The number of ether oxygens (including phenoxy) is 1. The predicted molar refractivity (Wildman–Crippen MR) is 105 cm³/mol. The number of carbonyl (C=O) groups excluding carboxylic acids is 2. The van der Waals surface area contributed by atoms with E-state index in [1.165, 1.54) is 0 Å². The zero-order valence-electron chi connectivity index (χ0n) is 17.6. The van der Waals surface area contributed by atoms with Crippen LogP contribution in [0.4, 0.5) is 0 Å². The maximum atomic E-state index is 11.9. The summed E-state index contributed by atoms with van der Waals surface area (Å²) < 4.78 is 5.85. The molecule has 0 aliphatic heterocycles. The first-order valence-corrected chi connectivity index (χ1v) is 10.1. The van der Waals surface area contributed by atoms with Crippen molar-refractivity contribution in [1.82, 2.24) is 0 Å². The van der Waals surface area contributed by atoms with Crippen LogP contribution in [0.25, 0.3) is 0 Å². The molecule has 158 valence electrons. The molecule has 0 aromatic carbocycles. The Morgan fingerprint density at radius 2 is 1.67 bits per heavy atom. The number of hydrogen-bond donors (Lipinski definition) is 1. The molecule has 0 saturated carbocycles. The third-order valence-electron chi connectivity index (χ3n) is 4.26. The number of unbranched alkanes of at least 4 members (excludes halogenated alkanes) is 5. The van der Waals surface area contributed by atoms with Crippen molar-refractivity contribution >= 4 is 11.9 Å². The number of carboxylic acids is 1. The molecule has 0 aliphatic rings. The molecule has 0 saturated heterocycles. The Labute approximate surface area is 164 Å². The molecule has 0 aliphatic carbocycles. The van der Waals surface area contributed by atoms with Gasteiger partial charge < -0.3 is 24.2 Å². The number of carbonyl (C=O) groups is 2. The Bertz CT molecular complexity index is 442. The number of quaternary nitrogens is 1. The first-order valence-electron chi connectivity index (χ1n) is 10.1. The SMILES string of the molecule is C/C=C/CC(O)CCCCCCCCC(=O)OC(CC(=O)[O-])C[N+](C)(C)C. The number of allylic oxidation sites excluding steroid dienone is 1. The molecule has 0 aromatic heterocycles. The van der Waals surface area contributed by atoms with E-state index in [4.69, 9.17) is 4.74 Å². The number of nitrogens with zero attached hydrogens (tertiary/aromatic N) is 1. The number of carboxylic acid groups (broad SMARTS) is 1. The van der Waals surface area contributed by atoms with E-state index in [1.807, 2.05) is 40.2 Å². The van der Waals surface area contributed by atoms with Crippen LogP contribution in [0.15, 0.2) is 12.2 Å². The average molecular weight is 386 g/mol. The van der Waals surface area contributed by atoms with Crippen molar-refractivity contribution in [2.24, 2.45) is 0 Å². The largest absolute Gasteiger partial charge is 0.550 e. The quantitative estimate of drug-likeness (QED) is 0.190. The Hall–Kier alpha value is -1.40. The highest BCUT2D eigenvalue weighted by atomic mass is 16.5. The van der Waals surface area contributed by atoms with Gasteiger partial charge in [0.2, 0.25) is 0 Å². The molecule has 0 amide bonds. The van der Waals surface area contributed by atoms with Gasteiger partial charge in [0.25, 0.3) is 0 Å². The minimum absolute atomic E-state index is 0.239. The van der Waals surface area contributed by atoms with E-state index < -0.39 is 12.1 Å². The molecule has 0 fully saturated rings. The molecule has 0 heterocycles. The van der Waals surface area contributed by atoms with Gasteiger partial charge in [0.1, 0.15) is 6.54 Å². The standard InChI is InChI=1S/C21H39NO5/c1-5-6-13-18(23)14-11-9-7-8-10-12-15-21(26)27-19(16-20(24)25)17-22(2,3)4/h5-6,18-19,23H,7-17H2,1-4H3/b6-5+. The van der Waals surface area contributed by atoms with E-state index in [-0.39, 0.29) is 18.5 Å². The van der Waals surface area contributed by atoms with Crippen LogP contribution >= 0.6 is 0 Å². The highest BCUT2D eigenvalue weighted by Gasteiger charge is 2.22. The minimum atomic E-state index is -1.20. The van der Waals surface area contributed by atoms with Crippen molar-refractivity contribution in [1.29, 1.82) is 0 Å². The van der Waals surface area contributed by atoms with Crippen molar-refractivity contribution in [2.45, 2.75) is 83.3 Å². The van der Waals surface area contributed by atoms with Crippen LogP contribution in [0.3, 0.4) is 0 Å². The van der Waals surface area contributed by atoms with E-state index >= 15 is 0 Å². The van der Waals surface area contributed by atoms with Crippen molar-refractivity contribution in [3.05, 3.63) is 12.2 Å². The fraction of sp³-hybridized carbons (Fsp3) is 0.810. The highest BCUT2D eigenvalue weighted by molar-refractivity contribution is 5.70. The van der Waals surface area contributed by atoms with Gasteiger partial charge in [-0.25, -0.2) is 0 Å². The molecule has 0 bridgehead atoms. The number of likely N-dealkylation sites (N-methyl/N-ethyl adjacent to an activating group) is 1. The number of aliphatic hydroxyl groups is 1. The molecule has 27 heavy (non-hydrogen) atoms. The lowest BCUT2D eigenvalue weighted by Gasteiger charge is -2.29. The Morgan fingerprint density at radius 1 is 1.07 bits per heavy atom. The number of aliphatic carboxylic acids is 1. The normalized spacial score (nSPS) is 14.3. The molecular weight excluding hydrogens is 346 g/mol. The smallest absolute Gasteiger partial charge is 0.306 e. The number of hydrogen-bond acceptors (Lipinski definition) is 5. The van der Waals surface area contributed by atoms with Crippen molar-refractivity contribution in [2.75, 3.05) is 27.7 Å². The molecule has 2 atom stereocenters. The van der Waals surface area contributed by atoms with Crippen molar-refractivity contribution in [3.63, 3.8) is 0 Å². The van der Waals surface area contributed by atoms with Gasteiger partial charge in [0, 0.05) is 18.8 Å². The van der Waals surface area contributed by atoms with Crippen LogP contribution in [-0.2, 0) is 14.3 Å². The molecule has 0 rings (SSSR count). The van der Waals surface area contributed by atoms with Crippen molar-refractivity contribution in [3.8, 4) is 0 Å². The zero-order valence-corrected chi connectivity index (χ0v) is 17.6. The van der Waals surface area contributed by atoms with Gasteiger partial charge in [-0.1, -0.05) is 44.3 Å². The summed E-state index contributed by atoms with van der Waals surface area (Å²) >= 11 is 0. The maximum absolute atomic E-state index is 11.9. The van der Waals surface area contributed by atoms with Crippen LogP contribution in [0.1, 0.15) is 71.1 Å². The molecular formula is C21H39NO5. The fourth-order valence-electron chi connectivity index (χ4n) is 2.95. The first-order chi connectivity index (χ1) is 12.6. The van der Waals surface area contributed by atoms with E-state index in [0.29, 0.717) is 17.4 Å². The summed E-state index contributed by atoms with van der Waals surface area (Å²) in [5.41, 5.74) is 0. The first kappa shape index (κ1) is 25.6. The lowest BCUT2D eigenvalue weighted by Crippen LogP contribution is -2.45. The summed E-state index contributed by atoms with van der Waals surface area (Å²) in [5.74, 6) is -1.53. The van der Waals surface area contributed by atoms with Gasteiger partial charge in [-0.15, -0.1) is 0 Å². The van der Waals surface area contributed by atoms with Gasteiger partial charge in [-0.05, 0) is 26.2 Å². The lowest BCUT2D eigenvalue weighted by atomic mass is 10.0. The van der Waals surface area contributed by atoms with Gasteiger partial charge in [0.15, 0.2) is 6.10 Å². The summed E-state index contributed by atoms with van der Waals surface area (Å²) in [6.45, 7) is 2.40. The Morgan fingerprint density at radius 3 is 2.22 bits per heavy atom. The monoisotopic (exact) mass is 385 g/mol. The van der Waals surface area contributed by atoms with Crippen LogP contribution in [0.5, 0.6) is 0 Å². The van der Waals surface area contributed by atoms with Crippen molar-refractivity contribution < 1.29 is 29.0 Å².